The molecule has 0 radical (unpaired) electrons. The summed E-state index contributed by atoms with van der Waals surface area (Å²) in [6.45, 7) is 3.15. The zero-order valence-electron chi connectivity index (χ0n) is 18.6. The Bertz CT molecular complexity index is 1090. The predicted molar refractivity (Wildman–Crippen MR) is 121 cm³/mol. The number of anilines is 1. The minimum atomic E-state index is -0.710. The van der Waals surface area contributed by atoms with Crippen LogP contribution in [0.2, 0.25) is 0 Å². The summed E-state index contributed by atoms with van der Waals surface area (Å²) in [7, 11) is 1.34. The highest BCUT2D eigenvalue weighted by Gasteiger charge is 2.28. The zero-order chi connectivity index (χ0) is 23.3. The second kappa shape index (κ2) is 10.4. The lowest BCUT2D eigenvalue weighted by Gasteiger charge is -2.22. The van der Waals surface area contributed by atoms with Crippen LogP contribution in [0.15, 0.2) is 39.9 Å². The number of aromatic nitrogens is 2. The number of hydrogen-bond acceptors (Lipinski definition) is 7. The monoisotopic (exact) mass is 442 g/mol. The maximum absolute atomic E-state index is 13.2. The first-order valence-corrected chi connectivity index (χ1v) is 10.9. The molecule has 1 saturated carbocycles. The van der Waals surface area contributed by atoms with E-state index in [2.05, 4.69) is 0 Å². The van der Waals surface area contributed by atoms with Crippen LogP contribution in [-0.4, -0.2) is 52.0 Å². The summed E-state index contributed by atoms with van der Waals surface area (Å²) in [6, 6.07) is 9.21. The molecule has 0 spiro atoms. The largest absolute Gasteiger partial charge is 0.466 e. The summed E-state index contributed by atoms with van der Waals surface area (Å²) >= 11 is 0. The van der Waals surface area contributed by atoms with Gasteiger partial charge in [0.2, 0.25) is 0 Å². The molecule has 32 heavy (non-hydrogen) atoms. The molecule has 1 aliphatic carbocycles. The van der Waals surface area contributed by atoms with Gasteiger partial charge in [-0.05, 0) is 31.2 Å². The molecule has 9 heteroatoms. The quantitative estimate of drug-likeness (QED) is 0.408. The Kier molecular flexibility index (Phi) is 7.63. The van der Waals surface area contributed by atoms with E-state index in [0.717, 1.165) is 23.0 Å². The highest BCUT2D eigenvalue weighted by atomic mass is 16.5. The summed E-state index contributed by atoms with van der Waals surface area (Å²) in [5, 5.41) is 0. The molecule has 2 N–H and O–H groups in total. The van der Waals surface area contributed by atoms with Crippen LogP contribution in [0.1, 0.15) is 42.1 Å². The number of ether oxygens (including phenoxy) is 1. The molecule has 9 nitrogen and oxygen atoms in total. The number of benzene rings is 1. The Morgan fingerprint density at radius 3 is 2.50 bits per heavy atom. The van der Waals surface area contributed by atoms with Crippen LogP contribution in [0, 0.1) is 5.92 Å². The third kappa shape index (κ3) is 5.73. The van der Waals surface area contributed by atoms with E-state index in [1.165, 1.54) is 11.6 Å². The third-order valence-corrected chi connectivity index (χ3v) is 5.56. The van der Waals surface area contributed by atoms with Crippen LogP contribution in [0.3, 0.4) is 0 Å². The van der Waals surface area contributed by atoms with Gasteiger partial charge in [0.25, 0.3) is 5.56 Å². The number of nitrogen functional groups attached to an aromatic ring is 1. The van der Waals surface area contributed by atoms with Crippen molar-refractivity contribution in [3.05, 3.63) is 62.3 Å². The van der Waals surface area contributed by atoms with Crippen LogP contribution >= 0.6 is 0 Å². The zero-order valence-corrected chi connectivity index (χ0v) is 18.6. The molecular formula is C23H30N4O5. The van der Waals surface area contributed by atoms with Gasteiger partial charge >= 0.3 is 11.7 Å². The second-order valence-electron chi connectivity index (χ2n) is 8.14. The lowest BCUT2D eigenvalue weighted by Crippen LogP contribution is -2.44. The summed E-state index contributed by atoms with van der Waals surface area (Å²) in [5.41, 5.74) is 5.53. The second-order valence-corrected chi connectivity index (χ2v) is 8.14. The average Bonchev–Trinajstić information content (AvgIpc) is 3.59. The van der Waals surface area contributed by atoms with Crippen molar-refractivity contribution in [2.75, 3.05) is 32.0 Å². The number of nitrogens with two attached hydrogens (primary N) is 1. The predicted octanol–water partition coefficient (Wildman–Crippen LogP) is 1.03. The van der Waals surface area contributed by atoms with Crippen molar-refractivity contribution in [1.82, 2.24) is 14.0 Å². The topological polar surface area (TPSA) is 117 Å². The van der Waals surface area contributed by atoms with Crippen LogP contribution in [-0.2, 0) is 23.1 Å². The van der Waals surface area contributed by atoms with Gasteiger partial charge in [-0.1, -0.05) is 30.3 Å². The first kappa shape index (κ1) is 23.5. The lowest BCUT2D eigenvalue weighted by atomic mass is 10.1. The Hall–Kier alpha value is -3.20. The minimum absolute atomic E-state index is 0.0567. The number of ketones is 1. The number of Topliss-reactive ketones (excluding diaryl/α,β-unsaturated/α-hetero) is 1. The van der Waals surface area contributed by atoms with E-state index in [4.69, 9.17) is 10.5 Å². The summed E-state index contributed by atoms with van der Waals surface area (Å²) in [5.74, 6) is -0.442. The SMILES string of the molecule is CCOC(=O)CCN(CC(=O)c1c(N)n(Cc2ccccc2)c(=O)n(C)c1=O)CC1CC1. The fraction of sp³-hybridized carbons (Fsp3) is 0.478. The van der Waals surface area contributed by atoms with Crippen LogP contribution in [0.5, 0.6) is 0 Å². The molecule has 1 aliphatic rings. The first-order chi connectivity index (χ1) is 15.3. The van der Waals surface area contributed by atoms with E-state index >= 15 is 0 Å². The minimum Gasteiger partial charge on any atom is -0.466 e. The van der Waals surface area contributed by atoms with E-state index in [9.17, 15) is 19.2 Å². The van der Waals surface area contributed by atoms with Gasteiger partial charge in [-0.2, -0.15) is 0 Å². The summed E-state index contributed by atoms with van der Waals surface area (Å²) in [4.78, 5) is 52.3. The van der Waals surface area contributed by atoms with Crippen molar-refractivity contribution in [3.63, 3.8) is 0 Å². The van der Waals surface area contributed by atoms with E-state index in [1.54, 1.807) is 6.92 Å². The lowest BCUT2D eigenvalue weighted by molar-refractivity contribution is -0.143. The summed E-state index contributed by atoms with van der Waals surface area (Å²) < 4.78 is 7.14. The standard InChI is InChI=1S/C23H30N4O5/c1-3-32-19(29)11-12-26(13-17-9-10-17)15-18(28)20-21(24)27(23(31)25(2)22(20)30)14-16-7-5-4-6-8-16/h4-8,17H,3,9-15,24H2,1-2H3. The molecular weight excluding hydrogens is 412 g/mol. The normalized spacial score (nSPS) is 13.3. The first-order valence-electron chi connectivity index (χ1n) is 10.9. The molecule has 0 unspecified atom stereocenters. The smallest absolute Gasteiger partial charge is 0.332 e. The number of nitrogens with zero attached hydrogens (tertiary/aromatic N) is 3. The van der Waals surface area contributed by atoms with Crippen LogP contribution < -0.4 is 17.0 Å². The molecule has 1 aromatic heterocycles. The Morgan fingerprint density at radius 1 is 1.19 bits per heavy atom. The Labute approximate surface area is 186 Å². The van der Waals surface area contributed by atoms with Crippen LogP contribution in [0.4, 0.5) is 5.82 Å². The number of esters is 1. The third-order valence-electron chi connectivity index (χ3n) is 5.56. The molecule has 1 fully saturated rings. The van der Waals surface area contributed by atoms with Crippen molar-refractivity contribution < 1.29 is 14.3 Å². The van der Waals surface area contributed by atoms with Gasteiger partial charge in [0.15, 0.2) is 5.78 Å². The molecule has 0 saturated heterocycles. The molecule has 2 aromatic rings. The van der Waals surface area contributed by atoms with Gasteiger partial charge < -0.3 is 10.5 Å². The van der Waals surface area contributed by atoms with Gasteiger partial charge in [0.05, 0.1) is 26.1 Å². The maximum atomic E-state index is 13.2. The van der Waals surface area contributed by atoms with Gasteiger partial charge in [-0.3, -0.25) is 28.4 Å². The van der Waals surface area contributed by atoms with E-state index in [0.29, 0.717) is 25.6 Å². The number of carbonyl (C=O) groups excluding carboxylic acids is 2. The van der Waals surface area contributed by atoms with Gasteiger partial charge in [0.1, 0.15) is 11.4 Å². The molecule has 0 atom stereocenters. The maximum Gasteiger partial charge on any atom is 0.332 e. The highest BCUT2D eigenvalue weighted by Crippen LogP contribution is 2.29. The Morgan fingerprint density at radius 2 is 1.88 bits per heavy atom. The Balaban J connectivity index is 1.85. The fourth-order valence-electron chi connectivity index (χ4n) is 3.63. The summed E-state index contributed by atoms with van der Waals surface area (Å²) in [6.07, 6.45) is 2.32. The molecule has 172 valence electrons. The van der Waals surface area contributed by atoms with Crippen molar-refractivity contribution in [2.24, 2.45) is 13.0 Å². The van der Waals surface area contributed by atoms with Crippen molar-refractivity contribution in [1.29, 1.82) is 0 Å². The van der Waals surface area contributed by atoms with E-state index < -0.39 is 17.0 Å². The molecule has 0 amide bonds. The van der Waals surface area contributed by atoms with E-state index in [1.807, 2.05) is 35.2 Å². The van der Waals surface area contributed by atoms with Gasteiger partial charge in [0, 0.05) is 20.1 Å². The van der Waals surface area contributed by atoms with E-state index in [-0.39, 0.29) is 36.9 Å². The highest BCUT2D eigenvalue weighted by molar-refractivity contribution is 6.01. The number of hydrogen-bond donors (Lipinski definition) is 1. The molecule has 3 rings (SSSR count). The molecule has 0 aliphatic heterocycles. The van der Waals surface area contributed by atoms with Crippen molar-refractivity contribution >= 4 is 17.6 Å². The molecule has 1 aromatic carbocycles. The molecule has 0 bridgehead atoms. The number of rotatable bonds is 11. The van der Waals surface area contributed by atoms with Gasteiger partial charge in [-0.15, -0.1) is 0 Å². The van der Waals surface area contributed by atoms with Gasteiger partial charge in [-0.25, -0.2) is 4.79 Å². The molecule has 1 heterocycles. The van der Waals surface area contributed by atoms with Crippen LogP contribution in [0.25, 0.3) is 0 Å². The average molecular weight is 443 g/mol. The number of carbonyl (C=O) groups is 2. The van der Waals surface area contributed by atoms with Crippen molar-refractivity contribution in [2.45, 2.75) is 32.7 Å². The van der Waals surface area contributed by atoms with Crippen molar-refractivity contribution in [3.8, 4) is 0 Å². The fourth-order valence-corrected chi connectivity index (χ4v) is 3.63.